The second kappa shape index (κ2) is 8.75. The van der Waals surface area contributed by atoms with Crippen molar-refractivity contribution in [3.63, 3.8) is 0 Å². The molecule has 2 rings (SSSR count). The fraction of sp³-hybridized carbons (Fsp3) is 0.222. The summed E-state index contributed by atoms with van der Waals surface area (Å²) in [6.07, 6.45) is 0.273. The first-order valence-corrected chi connectivity index (χ1v) is 8.55. The molecule has 0 aromatic heterocycles. The molecule has 2 aromatic rings. The molecule has 0 bridgehead atoms. The summed E-state index contributed by atoms with van der Waals surface area (Å²) < 4.78 is 4.68. The Morgan fingerprint density at radius 3 is 2.39 bits per heavy atom. The van der Waals surface area contributed by atoms with Crippen LogP contribution in [0.1, 0.15) is 27.6 Å². The number of Topliss-reactive ketones (excluding diaryl/α,β-unsaturated/α-hetero) is 1. The van der Waals surface area contributed by atoms with Crippen LogP contribution in [-0.2, 0) is 9.53 Å². The van der Waals surface area contributed by atoms with E-state index in [1.807, 2.05) is 36.4 Å². The van der Waals surface area contributed by atoms with Gasteiger partial charge in [0.2, 0.25) is 0 Å². The minimum atomic E-state index is -0.320. The van der Waals surface area contributed by atoms with Crippen LogP contribution in [0.25, 0.3) is 0 Å². The number of carbonyl (C=O) groups is 2. The van der Waals surface area contributed by atoms with E-state index in [-0.39, 0.29) is 29.2 Å². The number of esters is 1. The minimum Gasteiger partial charge on any atom is -0.468 e. The molecule has 120 valence electrons. The molecule has 0 unspecified atom stereocenters. The largest absolute Gasteiger partial charge is 0.468 e. The maximum Gasteiger partial charge on any atom is 0.315 e. The van der Waals surface area contributed by atoms with E-state index in [9.17, 15) is 9.59 Å². The molecule has 3 nitrogen and oxygen atoms in total. The lowest BCUT2D eigenvalue weighted by Crippen LogP contribution is -2.10. The van der Waals surface area contributed by atoms with Crippen LogP contribution >= 0.6 is 23.4 Å². The molecule has 0 saturated carbocycles. The highest BCUT2D eigenvalue weighted by Gasteiger charge is 2.21. The van der Waals surface area contributed by atoms with Crippen molar-refractivity contribution in [3.05, 3.63) is 70.7 Å². The molecule has 0 aliphatic rings. The number of benzene rings is 2. The third kappa shape index (κ3) is 5.12. The Labute approximate surface area is 145 Å². The highest BCUT2D eigenvalue weighted by atomic mass is 35.5. The predicted molar refractivity (Wildman–Crippen MR) is 94.1 cm³/mol. The zero-order valence-corrected chi connectivity index (χ0v) is 14.3. The van der Waals surface area contributed by atoms with Gasteiger partial charge in [-0.2, -0.15) is 0 Å². The van der Waals surface area contributed by atoms with Gasteiger partial charge in [0.25, 0.3) is 0 Å². The van der Waals surface area contributed by atoms with Gasteiger partial charge in [0.15, 0.2) is 5.78 Å². The Bertz CT molecular complexity index is 673. The van der Waals surface area contributed by atoms with Crippen LogP contribution in [0.3, 0.4) is 0 Å². The summed E-state index contributed by atoms with van der Waals surface area (Å²) in [6.45, 7) is 0. The molecule has 0 radical (unpaired) electrons. The molecule has 2 aromatic carbocycles. The molecule has 0 aliphatic carbocycles. The molecule has 0 saturated heterocycles. The van der Waals surface area contributed by atoms with Crippen LogP contribution in [0.4, 0.5) is 0 Å². The Kier molecular flexibility index (Phi) is 6.68. The second-order valence-corrected chi connectivity index (χ2v) is 6.49. The standard InChI is InChI=1S/C18H17ClO3S/c1-22-18(21)12-23-17(14-9-5-6-10-15(14)19)11-16(20)13-7-3-2-4-8-13/h2-10,17H,11-12H2,1H3/t17-/m0/s1. The van der Waals surface area contributed by atoms with E-state index in [0.29, 0.717) is 10.6 Å². The zero-order chi connectivity index (χ0) is 16.7. The summed E-state index contributed by atoms with van der Waals surface area (Å²) in [6, 6.07) is 16.5. The fourth-order valence-corrected chi connectivity index (χ4v) is 3.57. The SMILES string of the molecule is COC(=O)CS[C@@H](CC(=O)c1ccccc1)c1ccccc1Cl. The maximum atomic E-state index is 12.5. The average Bonchev–Trinajstić information content (AvgIpc) is 2.59. The lowest BCUT2D eigenvalue weighted by atomic mass is 10.0. The normalized spacial score (nSPS) is 11.7. The number of ketones is 1. The van der Waals surface area contributed by atoms with E-state index < -0.39 is 0 Å². The van der Waals surface area contributed by atoms with Gasteiger partial charge in [-0.25, -0.2) is 0 Å². The number of thioether (sulfide) groups is 1. The maximum absolute atomic E-state index is 12.5. The van der Waals surface area contributed by atoms with Crippen LogP contribution in [0.15, 0.2) is 54.6 Å². The molecule has 0 amide bonds. The number of hydrogen-bond acceptors (Lipinski definition) is 4. The minimum absolute atomic E-state index is 0.0212. The third-order valence-electron chi connectivity index (χ3n) is 3.35. The van der Waals surface area contributed by atoms with Gasteiger partial charge < -0.3 is 4.74 Å². The lowest BCUT2D eigenvalue weighted by Gasteiger charge is -2.17. The van der Waals surface area contributed by atoms with Gasteiger partial charge in [-0.05, 0) is 11.6 Å². The lowest BCUT2D eigenvalue weighted by molar-refractivity contribution is -0.137. The van der Waals surface area contributed by atoms with Crippen molar-refractivity contribution in [1.82, 2.24) is 0 Å². The average molecular weight is 349 g/mol. The molecule has 0 fully saturated rings. The molecule has 0 aliphatic heterocycles. The van der Waals surface area contributed by atoms with Crippen molar-refractivity contribution in [1.29, 1.82) is 0 Å². The van der Waals surface area contributed by atoms with Gasteiger partial charge in [-0.3, -0.25) is 9.59 Å². The van der Waals surface area contributed by atoms with Crippen LogP contribution < -0.4 is 0 Å². The van der Waals surface area contributed by atoms with Gasteiger partial charge >= 0.3 is 5.97 Å². The Hall–Kier alpha value is -1.78. The monoisotopic (exact) mass is 348 g/mol. The van der Waals surface area contributed by atoms with Crippen LogP contribution in [0, 0.1) is 0 Å². The van der Waals surface area contributed by atoms with Crippen LogP contribution in [-0.4, -0.2) is 24.6 Å². The molecule has 0 spiro atoms. The second-order valence-electron chi connectivity index (χ2n) is 4.89. The summed E-state index contributed by atoms with van der Waals surface area (Å²) in [5.74, 6) is -0.124. The van der Waals surface area contributed by atoms with Gasteiger partial charge in [0.05, 0.1) is 12.9 Å². The Morgan fingerprint density at radius 1 is 1.09 bits per heavy atom. The van der Waals surface area contributed by atoms with E-state index in [0.717, 1.165) is 5.56 Å². The van der Waals surface area contributed by atoms with E-state index in [4.69, 9.17) is 11.6 Å². The van der Waals surface area contributed by atoms with E-state index in [1.165, 1.54) is 18.9 Å². The number of rotatable bonds is 7. The van der Waals surface area contributed by atoms with Crippen molar-refractivity contribution in [3.8, 4) is 0 Å². The topological polar surface area (TPSA) is 43.4 Å². The van der Waals surface area contributed by atoms with Crippen molar-refractivity contribution < 1.29 is 14.3 Å². The molecular formula is C18H17ClO3S. The zero-order valence-electron chi connectivity index (χ0n) is 12.7. The number of carbonyl (C=O) groups excluding carboxylic acids is 2. The van der Waals surface area contributed by atoms with Crippen LogP contribution in [0.2, 0.25) is 5.02 Å². The van der Waals surface area contributed by atoms with E-state index in [2.05, 4.69) is 4.74 Å². The first-order valence-electron chi connectivity index (χ1n) is 7.13. The highest BCUT2D eigenvalue weighted by molar-refractivity contribution is 8.00. The van der Waals surface area contributed by atoms with Gasteiger partial charge in [-0.1, -0.05) is 60.1 Å². The summed E-state index contributed by atoms with van der Waals surface area (Å²) >= 11 is 7.62. The highest BCUT2D eigenvalue weighted by Crippen LogP contribution is 2.37. The number of hydrogen-bond donors (Lipinski definition) is 0. The van der Waals surface area contributed by atoms with Gasteiger partial charge in [0.1, 0.15) is 0 Å². The summed E-state index contributed by atoms with van der Waals surface area (Å²) in [4.78, 5) is 23.9. The summed E-state index contributed by atoms with van der Waals surface area (Å²) in [5.41, 5.74) is 1.51. The van der Waals surface area contributed by atoms with Crippen molar-refractivity contribution >= 4 is 35.1 Å². The van der Waals surface area contributed by atoms with E-state index >= 15 is 0 Å². The number of ether oxygens (including phenoxy) is 1. The molecular weight excluding hydrogens is 332 g/mol. The Morgan fingerprint density at radius 2 is 1.74 bits per heavy atom. The molecule has 5 heteroatoms. The Balaban J connectivity index is 2.18. The van der Waals surface area contributed by atoms with Crippen molar-refractivity contribution in [2.45, 2.75) is 11.7 Å². The van der Waals surface area contributed by atoms with Crippen molar-refractivity contribution in [2.24, 2.45) is 0 Å². The van der Waals surface area contributed by atoms with Gasteiger partial charge in [0, 0.05) is 22.3 Å². The number of halogens is 1. The quantitative estimate of drug-likeness (QED) is 0.543. The molecule has 1 atom stereocenters. The first kappa shape index (κ1) is 17.6. The van der Waals surface area contributed by atoms with Crippen LogP contribution in [0.5, 0.6) is 0 Å². The molecule has 23 heavy (non-hydrogen) atoms. The summed E-state index contributed by atoms with van der Waals surface area (Å²) in [7, 11) is 1.35. The fourth-order valence-electron chi connectivity index (χ4n) is 2.13. The molecule has 0 heterocycles. The van der Waals surface area contributed by atoms with E-state index in [1.54, 1.807) is 18.2 Å². The van der Waals surface area contributed by atoms with Crippen molar-refractivity contribution in [2.75, 3.05) is 12.9 Å². The predicted octanol–water partition coefficient (Wildman–Crippen LogP) is 4.56. The number of methoxy groups -OCH3 is 1. The first-order chi connectivity index (χ1) is 11.1. The summed E-state index contributed by atoms with van der Waals surface area (Å²) in [5, 5.41) is 0.395. The smallest absolute Gasteiger partial charge is 0.315 e. The third-order valence-corrected chi connectivity index (χ3v) is 4.92. The molecule has 0 N–H and O–H groups in total. The van der Waals surface area contributed by atoms with Gasteiger partial charge in [-0.15, -0.1) is 11.8 Å².